The highest BCUT2D eigenvalue weighted by Crippen LogP contribution is 2.07. The third-order valence-electron chi connectivity index (χ3n) is 2.45. The van der Waals surface area contributed by atoms with Gasteiger partial charge in [0.25, 0.3) is 0 Å². The number of rotatable bonds is 3. The average molecular weight is 248 g/mol. The number of hydrogen-bond donors (Lipinski definition) is 2. The van der Waals surface area contributed by atoms with Crippen molar-refractivity contribution < 1.29 is 9.73 Å². The lowest BCUT2D eigenvalue weighted by Crippen LogP contribution is -2.72. The first kappa shape index (κ1) is 14.2. The molecule has 0 aromatic heterocycles. The molecular weight excluding hydrogens is 226 g/mol. The van der Waals surface area contributed by atoms with Crippen LogP contribution in [0.5, 0.6) is 0 Å². The molecule has 0 bridgehead atoms. The summed E-state index contributed by atoms with van der Waals surface area (Å²) < 4.78 is 0.972. The lowest BCUT2D eigenvalue weighted by atomic mass is 10.1. The molecule has 1 rings (SSSR count). The van der Waals surface area contributed by atoms with Crippen LogP contribution in [0.4, 0.5) is 0 Å². The number of hydroxylamine groups is 1. The Balaban J connectivity index is 2.93. The molecule has 0 saturated carbocycles. The number of amidine groups is 1. The van der Waals surface area contributed by atoms with Gasteiger partial charge in [-0.2, -0.15) is 0 Å². The topological polar surface area (TPSA) is 66.1 Å². The van der Waals surface area contributed by atoms with Crippen molar-refractivity contribution >= 4 is 12.1 Å². The highest BCUT2D eigenvalue weighted by Gasteiger charge is 2.17. The average Bonchev–Trinajstić information content (AvgIpc) is 2.25. The van der Waals surface area contributed by atoms with Crippen molar-refractivity contribution in [1.82, 2.24) is 0 Å². The molecule has 0 atom stereocenters. The smallest absolute Gasteiger partial charge is 0.237 e. The third-order valence-corrected chi connectivity index (χ3v) is 2.45. The van der Waals surface area contributed by atoms with Gasteiger partial charge in [0.1, 0.15) is 6.54 Å². The molecule has 0 aliphatic rings. The SMILES string of the molecule is CC(N)=[NH+]Cc1cccc(/C=[N+](\[O-])C(C)(C)C)c1. The molecule has 1 aromatic carbocycles. The Kier molecular flexibility index (Phi) is 4.48. The van der Waals surface area contributed by atoms with Crippen molar-refractivity contribution in [2.24, 2.45) is 5.73 Å². The van der Waals surface area contributed by atoms with E-state index < -0.39 is 5.54 Å². The number of nitrogens with one attached hydrogen (secondary N) is 1. The fourth-order valence-corrected chi connectivity index (χ4v) is 1.35. The summed E-state index contributed by atoms with van der Waals surface area (Å²) in [5, 5.41) is 11.8. The molecule has 0 fully saturated rings. The lowest BCUT2D eigenvalue weighted by molar-refractivity contribution is -0.530. The second kappa shape index (κ2) is 5.67. The number of nitrogens with zero attached hydrogens (tertiary/aromatic N) is 1. The fraction of sp³-hybridized carbons (Fsp3) is 0.429. The molecule has 0 aliphatic heterocycles. The van der Waals surface area contributed by atoms with Crippen molar-refractivity contribution in [3.63, 3.8) is 0 Å². The van der Waals surface area contributed by atoms with Crippen LogP contribution in [0.3, 0.4) is 0 Å². The molecule has 4 heteroatoms. The molecule has 1 aromatic rings. The van der Waals surface area contributed by atoms with Crippen LogP contribution >= 0.6 is 0 Å². The number of hydrogen-bond acceptors (Lipinski definition) is 1. The summed E-state index contributed by atoms with van der Waals surface area (Å²) in [6.45, 7) is 8.13. The van der Waals surface area contributed by atoms with Gasteiger partial charge in [0.15, 0.2) is 11.8 Å². The van der Waals surface area contributed by atoms with Crippen molar-refractivity contribution in [3.8, 4) is 0 Å². The lowest BCUT2D eigenvalue weighted by Gasteiger charge is -2.18. The van der Waals surface area contributed by atoms with Crippen LogP contribution in [0.25, 0.3) is 0 Å². The van der Waals surface area contributed by atoms with Gasteiger partial charge in [-0.3, -0.25) is 10.7 Å². The molecule has 98 valence electrons. The molecule has 0 radical (unpaired) electrons. The van der Waals surface area contributed by atoms with Crippen LogP contribution in [0.15, 0.2) is 24.3 Å². The van der Waals surface area contributed by atoms with E-state index in [-0.39, 0.29) is 0 Å². The standard InChI is InChI=1S/C14H21N3O/c1-11(15)16-9-12-6-5-7-13(8-12)10-17(18)14(2,3)4/h5-8,10H,9H2,1-4H3,(H2,15,16)/p+1/b17-10-. The van der Waals surface area contributed by atoms with Gasteiger partial charge >= 0.3 is 0 Å². The molecule has 0 amide bonds. The minimum Gasteiger partial charge on any atom is -0.623 e. The Morgan fingerprint density at radius 3 is 2.67 bits per heavy atom. The predicted octanol–water partition coefficient (Wildman–Crippen LogP) is 0.372. The van der Waals surface area contributed by atoms with Gasteiger partial charge in [0.05, 0.1) is 0 Å². The Hall–Kier alpha value is -1.84. The van der Waals surface area contributed by atoms with Gasteiger partial charge in [-0.25, -0.2) is 4.74 Å². The Morgan fingerprint density at radius 2 is 2.11 bits per heavy atom. The first-order valence-electron chi connectivity index (χ1n) is 6.02. The van der Waals surface area contributed by atoms with Gasteiger partial charge in [-0.15, -0.1) is 0 Å². The van der Waals surface area contributed by atoms with E-state index in [4.69, 9.17) is 5.73 Å². The van der Waals surface area contributed by atoms with E-state index >= 15 is 0 Å². The van der Waals surface area contributed by atoms with Crippen LogP contribution in [-0.2, 0) is 6.54 Å². The van der Waals surface area contributed by atoms with Crippen LogP contribution in [-0.4, -0.2) is 22.3 Å². The first-order valence-corrected chi connectivity index (χ1v) is 6.02. The monoisotopic (exact) mass is 248 g/mol. The van der Waals surface area contributed by atoms with E-state index in [1.165, 1.54) is 0 Å². The van der Waals surface area contributed by atoms with E-state index in [0.29, 0.717) is 12.4 Å². The quantitative estimate of drug-likeness (QED) is 0.267. The van der Waals surface area contributed by atoms with Crippen molar-refractivity contribution in [1.29, 1.82) is 0 Å². The zero-order valence-electron chi connectivity index (χ0n) is 11.5. The molecule has 3 N–H and O–H groups in total. The van der Waals surface area contributed by atoms with Crippen LogP contribution in [0.1, 0.15) is 38.8 Å². The number of nitrogens with two attached hydrogens (primary N) is 1. The molecule has 18 heavy (non-hydrogen) atoms. The van der Waals surface area contributed by atoms with Gasteiger partial charge < -0.3 is 5.21 Å². The molecule has 0 unspecified atom stereocenters. The van der Waals surface area contributed by atoms with Crippen molar-refractivity contribution in [2.45, 2.75) is 39.8 Å². The predicted molar refractivity (Wildman–Crippen MR) is 74.5 cm³/mol. The zero-order valence-corrected chi connectivity index (χ0v) is 11.5. The second-order valence-electron chi connectivity index (χ2n) is 5.41. The van der Waals surface area contributed by atoms with Gasteiger partial charge in [0, 0.05) is 33.3 Å². The molecule has 0 aliphatic carbocycles. The highest BCUT2D eigenvalue weighted by atomic mass is 16.5. The van der Waals surface area contributed by atoms with Gasteiger partial charge in [-0.1, -0.05) is 12.1 Å². The molecule has 0 saturated heterocycles. The van der Waals surface area contributed by atoms with Crippen LogP contribution < -0.4 is 10.7 Å². The summed E-state index contributed by atoms with van der Waals surface area (Å²) in [7, 11) is 0. The maximum Gasteiger partial charge on any atom is 0.237 e. The molecular formula is C14H22N3O+. The maximum absolute atomic E-state index is 11.8. The van der Waals surface area contributed by atoms with E-state index in [0.717, 1.165) is 15.9 Å². The summed E-state index contributed by atoms with van der Waals surface area (Å²) in [6, 6.07) is 7.83. The normalized spacial score (nSPS) is 13.8. The minimum absolute atomic E-state index is 0.421. The molecule has 4 nitrogen and oxygen atoms in total. The third kappa shape index (κ3) is 4.57. The summed E-state index contributed by atoms with van der Waals surface area (Å²) in [5.41, 5.74) is 7.13. The van der Waals surface area contributed by atoms with E-state index in [1.54, 1.807) is 6.21 Å². The van der Waals surface area contributed by atoms with Crippen LogP contribution in [0, 0.1) is 5.21 Å². The largest absolute Gasteiger partial charge is 0.623 e. The van der Waals surface area contributed by atoms with Gasteiger partial charge in [-0.05, 0) is 17.7 Å². The van der Waals surface area contributed by atoms with E-state index in [1.807, 2.05) is 52.0 Å². The molecule has 0 spiro atoms. The van der Waals surface area contributed by atoms with Crippen LogP contribution in [0.2, 0.25) is 0 Å². The van der Waals surface area contributed by atoms with E-state index in [9.17, 15) is 5.21 Å². The Labute approximate surface area is 108 Å². The maximum atomic E-state index is 11.8. The molecule has 0 heterocycles. The second-order valence-corrected chi connectivity index (χ2v) is 5.41. The summed E-state index contributed by atoms with van der Waals surface area (Å²) in [4.78, 5) is 3.06. The Bertz CT molecular complexity index is 466. The van der Waals surface area contributed by atoms with Crippen molar-refractivity contribution in [3.05, 3.63) is 40.6 Å². The highest BCUT2D eigenvalue weighted by molar-refractivity contribution is 5.76. The first-order chi connectivity index (χ1) is 8.29. The fourth-order valence-electron chi connectivity index (χ4n) is 1.35. The summed E-state index contributed by atoms with van der Waals surface area (Å²) >= 11 is 0. The summed E-state index contributed by atoms with van der Waals surface area (Å²) in [5.74, 6) is 0.685. The minimum atomic E-state index is -0.421. The summed E-state index contributed by atoms with van der Waals surface area (Å²) in [6.07, 6.45) is 1.61. The van der Waals surface area contributed by atoms with E-state index in [2.05, 4.69) is 4.99 Å². The Morgan fingerprint density at radius 1 is 1.44 bits per heavy atom. The number of benzene rings is 1. The zero-order chi connectivity index (χ0) is 13.8. The van der Waals surface area contributed by atoms with Crippen molar-refractivity contribution in [2.75, 3.05) is 0 Å². The van der Waals surface area contributed by atoms with Gasteiger partial charge in [0.2, 0.25) is 5.84 Å².